The Hall–Kier alpha value is -2.00. The number of aryl methyl sites for hydroxylation is 1. The Morgan fingerprint density at radius 1 is 1.41 bits per heavy atom. The lowest BCUT2D eigenvalue weighted by Crippen LogP contribution is -2.31. The van der Waals surface area contributed by atoms with Crippen molar-refractivity contribution in [3.8, 4) is 0 Å². The molecular formula is C13H16N2O6S. The summed E-state index contributed by atoms with van der Waals surface area (Å²) in [6.45, 7) is 3.06. The fourth-order valence-corrected chi connectivity index (χ4v) is 4.46. The molecule has 1 aliphatic rings. The van der Waals surface area contributed by atoms with Gasteiger partial charge in [-0.1, -0.05) is 6.07 Å². The van der Waals surface area contributed by atoms with Crippen molar-refractivity contribution in [2.24, 2.45) is 5.92 Å². The highest BCUT2D eigenvalue weighted by Crippen LogP contribution is 2.34. The number of hydrogen-bond donors (Lipinski definition) is 1. The average Bonchev–Trinajstić information content (AvgIpc) is 2.91. The number of carboxylic acids is 1. The Bertz CT molecular complexity index is 743. The lowest BCUT2D eigenvalue weighted by molar-refractivity contribution is -0.388. The first-order valence-electron chi connectivity index (χ1n) is 6.63. The number of hydrogen-bond acceptors (Lipinski definition) is 5. The summed E-state index contributed by atoms with van der Waals surface area (Å²) in [6, 6.07) is 2.66. The first kappa shape index (κ1) is 16.4. The van der Waals surface area contributed by atoms with Crippen molar-refractivity contribution in [1.82, 2.24) is 4.31 Å². The van der Waals surface area contributed by atoms with Crippen molar-refractivity contribution in [3.63, 3.8) is 0 Å². The standard InChI is InChI=1S/C13H16N2O6S/c1-8-3-4-11(15(18)19)12(9(8)2)22(20,21)14-6-5-10(7-14)13(16)17/h3-4,10H,5-7H2,1-2H3,(H,16,17). The molecule has 0 amide bonds. The Kier molecular flexibility index (Phi) is 4.21. The molecule has 1 saturated heterocycles. The fraction of sp³-hybridized carbons (Fsp3) is 0.462. The molecule has 22 heavy (non-hydrogen) atoms. The number of nitro benzene ring substituents is 1. The van der Waals surface area contributed by atoms with E-state index in [-0.39, 0.29) is 24.4 Å². The normalized spacial score (nSPS) is 19.3. The molecule has 0 aromatic heterocycles. The van der Waals surface area contributed by atoms with Gasteiger partial charge in [0.25, 0.3) is 5.69 Å². The first-order chi connectivity index (χ1) is 10.2. The van der Waals surface area contributed by atoms with E-state index in [1.165, 1.54) is 19.1 Å². The molecule has 1 aliphatic heterocycles. The zero-order valence-corrected chi connectivity index (χ0v) is 13.0. The third kappa shape index (κ3) is 2.69. The molecule has 1 aromatic rings. The van der Waals surface area contributed by atoms with E-state index in [1.54, 1.807) is 6.92 Å². The van der Waals surface area contributed by atoms with Gasteiger partial charge >= 0.3 is 5.97 Å². The molecule has 9 heteroatoms. The Balaban J connectivity index is 2.53. The zero-order chi connectivity index (χ0) is 16.7. The minimum Gasteiger partial charge on any atom is -0.481 e. The summed E-state index contributed by atoms with van der Waals surface area (Å²) in [5.41, 5.74) is 0.452. The second-order valence-electron chi connectivity index (χ2n) is 5.30. The van der Waals surface area contributed by atoms with Gasteiger partial charge in [0.15, 0.2) is 4.90 Å². The molecule has 120 valence electrons. The monoisotopic (exact) mass is 328 g/mol. The van der Waals surface area contributed by atoms with Gasteiger partial charge in [0.2, 0.25) is 10.0 Å². The number of carboxylic acid groups (broad SMARTS) is 1. The molecule has 1 unspecified atom stereocenters. The molecule has 8 nitrogen and oxygen atoms in total. The van der Waals surface area contributed by atoms with E-state index in [2.05, 4.69) is 0 Å². The van der Waals surface area contributed by atoms with E-state index in [9.17, 15) is 23.3 Å². The Morgan fingerprint density at radius 3 is 2.55 bits per heavy atom. The van der Waals surface area contributed by atoms with Gasteiger partial charge in [-0.25, -0.2) is 8.42 Å². The van der Waals surface area contributed by atoms with Crippen LogP contribution in [0.2, 0.25) is 0 Å². The number of rotatable bonds is 4. The molecule has 1 N–H and O–H groups in total. The smallest absolute Gasteiger partial charge is 0.307 e. The van der Waals surface area contributed by atoms with Crippen LogP contribution in [0.4, 0.5) is 5.69 Å². The van der Waals surface area contributed by atoms with Crippen molar-refractivity contribution in [2.75, 3.05) is 13.1 Å². The van der Waals surface area contributed by atoms with Gasteiger partial charge in [0.05, 0.1) is 10.8 Å². The van der Waals surface area contributed by atoms with E-state index in [0.29, 0.717) is 11.1 Å². The second-order valence-corrected chi connectivity index (χ2v) is 7.17. The summed E-state index contributed by atoms with van der Waals surface area (Å²) in [6.07, 6.45) is 0.202. The van der Waals surface area contributed by atoms with Crippen molar-refractivity contribution >= 4 is 21.7 Å². The first-order valence-corrected chi connectivity index (χ1v) is 8.07. The third-order valence-electron chi connectivity index (χ3n) is 3.95. The van der Waals surface area contributed by atoms with Gasteiger partial charge in [-0.3, -0.25) is 14.9 Å². The van der Waals surface area contributed by atoms with Gasteiger partial charge < -0.3 is 5.11 Å². The number of aliphatic carboxylic acids is 1. The molecule has 2 rings (SSSR count). The zero-order valence-electron chi connectivity index (χ0n) is 12.1. The highest BCUT2D eigenvalue weighted by Gasteiger charge is 2.39. The van der Waals surface area contributed by atoms with Gasteiger partial charge in [-0.05, 0) is 31.4 Å². The predicted molar refractivity (Wildman–Crippen MR) is 77.1 cm³/mol. The Labute approximate surface area is 127 Å². The molecular weight excluding hydrogens is 312 g/mol. The van der Waals surface area contributed by atoms with E-state index in [4.69, 9.17) is 5.11 Å². The molecule has 1 atom stereocenters. The number of carbonyl (C=O) groups is 1. The molecule has 1 aromatic carbocycles. The van der Waals surface area contributed by atoms with Gasteiger partial charge in [-0.15, -0.1) is 0 Å². The average molecular weight is 328 g/mol. The van der Waals surface area contributed by atoms with Crippen LogP contribution in [0.1, 0.15) is 17.5 Å². The largest absolute Gasteiger partial charge is 0.481 e. The summed E-state index contributed by atoms with van der Waals surface area (Å²) in [5, 5.41) is 20.1. The summed E-state index contributed by atoms with van der Waals surface area (Å²) in [4.78, 5) is 21.0. The molecule has 1 fully saturated rings. The molecule has 0 bridgehead atoms. The van der Waals surface area contributed by atoms with Gasteiger partial charge in [-0.2, -0.15) is 4.31 Å². The molecule has 0 radical (unpaired) electrons. The predicted octanol–water partition coefficient (Wildman–Crippen LogP) is 1.31. The van der Waals surface area contributed by atoms with Crippen LogP contribution in [-0.2, 0) is 14.8 Å². The van der Waals surface area contributed by atoms with E-state index in [1.807, 2.05) is 0 Å². The second kappa shape index (κ2) is 5.65. The van der Waals surface area contributed by atoms with Crippen molar-refractivity contribution in [2.45, 2.75) is 25.2 Å². The van der Waals surface area contributed by atoms with Crippen LogP contribution in [0.3, 0.4) is 0 Å². The van der Waals surface area contributed by atoms with Crippen molar-refractivity contribution in [1.29, 1.82) is 0 Å². The van der Waals surface area contributed by atoms with Crippen molar-refractivity contribution in [3.05, 3.63) is 33.4 Å². The van der Waals surface area contributed by atoms with Crippen LogP contribution in [0.15, 0.2) is 17.0 Å². The topological polar surface area (TPSA) is 118 Å². The van der Waals surface area contributed by atoms with Crippen molar-refractivity contribution < 1.29 is 23.2 Å². The van der Waals surface area contributed by atoms with Crippen LogP contribution >= 0.6 is 0 Å². The lowest BCUT2D eigenvalue weighted by atomic mass is 10.1. The quantitative estimate of drug-likeness (QED) is 0.657. The SMILES string of the molecule is Cc1ccc([N+](=O)[O-])c(S(=O)(=O)N2CCC(C(=O)O)C2)c1C. The van der Waals surface area contributed by atoms with Crippen LogP contribution in [0.5, 0.6) is 0 Å². The number of nitro groups is 1. The van der Waals surface area contributed by atoms with E-state index >= 15 is 0 Å². The summed E-state index contributed by atoms with van der Waals surface area (Å²) in [7, 11) is -4.11. The lowest BCUT2D eigenvalue weighted by Gasteiger charge is -2.18. The highest BCUT2D eigenvalue weighted by atomic mass is 32.2. The molecule has 0 saturated carbocycles. The fourth-order valence-electron chi connectivity index (χ4n) is 2.52. The van der Waals surface area contributed by atoms with Gasteiger partial charge in [0.1, 0.15) is 0 Å². The molecule has 1 heterocycles. The summed E-state index contributed by atoms with van der Waals surface area (Å²) >= 11 is 0. The van der Waals surface area contributed by atoms with E-state index in [0.717, 1.165) is 4.31 Å². The van der Waals surface area contributed by atoms with E-state index < -0.39 is 32.5 Å². The third-order valence-corrected chi connectivity index (χ3v) is 5.99. The number of benzene rings is 1. The molecule has 0 aliphatic carbocycles. The number of sulfonamides is 1. The van der Waals surface area contributed by atoms with Crippen LogP contribution < -0.4 is 0 Å². The van der Waals surface area contributed by atoms with Crippen LogP contribution in [0, 0.1) is 29.9 Å². The van der Waals surface area contributed by atoms with Gasteiger partial charge in [0, 0.05) is 19.2 Å². The molecule has 0 spiro atoms. The maximum absolute atomic E-state index is 12.7. The Morgan fingerprint density at radius 2 is 2.05 bits per heavy atom. The maximum Gasteiger partial charge on any atom is 0.307 e. The maximum atomic E-state index is 12.7. The minimum absolute atomic E-state index is 0.0455. The summed E-state index contributed by atoms with van der Waals surface area (Å²) < 4.78 is 26.5. The minimum atomic E-state index is -4.11. The number of nitrogens with zero attached hydrogens (tertiary/aromatic N) is 2. The van der Waals surface area contributed by atoms with Crippen LogP contribution in [-0.4, -0.2) is 41.8 Å². The van der Waals surface area contributed by atoms with Crippen LogP contribution in [0.25, 0.3) is 0 Å². The summed E-state index contributed by atoms with van der Waals surface area (Å²) in [5.74, 6) is -1.84. The highest BCUT2D eigenvalue weighted by molar-refractivity contribution is 7.89.